The minimum absolute atomic E-state index is 0.129. The van der Waals surface area contributed by atoms with Gasteiger partial charge in [0.15, 0.2) is 28.8 Å². The first-order valence-corrected chi connectivity index (χ1v) is 13.0. The Hall–Kier alpha value is -5.32. The zero-order chi connectivity index (χ0) is 31.3. The fourth-order valence-corrected chi connectivity index (χ4v) is 5.17. The molecule has 0 saturated carbocycles. The van der Waals surface area contributed by atoms with E-state index in [1.54, 1.807) is 36.4 Å². The molecule has 0 aromatic heterocycles. The molecule has 0 radical (unpaired) electrons. The highest BCUT2D eigenvalue weighted by Gasteiger charge is 2.39. The first-order valence-electron chi connectivity index (χ1n) is 13.0. The molecule has 11 nitrogen and oxygen atoms in total. The molecule has 0 N–H and O–H groups in total. The van der Waals surface area contributed by atoms with E-state index in [1.165, 1.54) is 73.0 Å². The highest BCUT2D eigenvalue weighted by atomic mass is 16.6. The van der Waals surface area contributed by atoms with Crippen LogP contribution in [-0.2, 0) is 9.53 Å². The fourth-order valence-electron chi connectivity index (χ4n) is 5.17. The molecular formula is C32H31NO10. The Morgan fingerprint density at radius 3 is 1.88 bits per heavy atom. The van der Waals surface area contributed by atoms with Crippen molar-refractivity contribution in [3.05, 3.63) is 98.6 Å². The summed E-state index contributed by atoms with van der Waals surface area (Å²) in [6.07, 6.45) is 4.66. The molecule has 0 unspecified atom stereocenters. The first-order chi connectivity index (χ1) is 20.7. The number of hydrogen-bond donors (Lipinski definition) is 0. The van der Waals surface area contributed by atoms with E-state index in [9.17, 15) is 19.7 Å². The van der Waals surface area contributed by atoms with Gasteiger partial charge in [0.2, 0.25) is 5.75 Å². The van der Waals surface area contributed by atoms with E-state index in [2.05, 4.69) is 0 Å². The van der Waals surface area contributed by atoms with Gasteiger partial charge in [-0.2, -0.15) is 0 Å². The minimum Gasteiger partial charge on any atom is -0.493 e. The molecule has 4 rings (SSSR count). The number of carbonyl (C=O) groups is 2. The Kier molecular flexibility index (Phi) is 9.34. The van der Waals surface area contributed by atoms with Crippen LogP contribution >= 0.6 is 0 Å². The molecule has 0 spiro atoms. The average Bonchev–Trinajstić information content (AvgIpc) is 3.04. The Labute approximate surface area is 248 Å². The molecule has 0 bridgehead atoms. The van der Waals surface area contributed by atoms with Crippen molar-refractivity contribution in [1.82, 2.24) is 0 Å². The Morgan fingerprint density at radius 2 is 1.37 bits per heavy atom. The van der Waals surface area contributed by atoms with Crippen LogP contribution in [0, 0.1) is 16.0 Å². The summed E-state index contributed by atoms with van der Waals surface area (Å²) in [5.74, 6) is -0.388. The number of nitro benzene ring substituents is 1. The number of ether oxygens (including phenoxy) is 6. The topological polar surface area (TPSA) is 133 Å². The van der Waals surface area contributed by atoms with Crippen molar-refractivity contribution in [2.24, 2.45) is 5.92 Å². The molecule has 3 aromatic rings. The molecule has 11 heteroatoms. The maximum Gasteiger partial charge on any atom is 0.314 e. The number of benzene rings is 3. The lowest BCUT2D eigenvalue weighted by atomic mass is 9.71. The lowest BCUT2D eigenvalue weighted by Crippen LogP contribution is -2.29. The molecule has 3 aromatic carbocycles. The van der Waals surface area contributed by atoms with Crippen LogP contribution in [-0.4, -0.2) is 59.3 Å². The molecule has 0 amide bonds. The average molecular weight is 590 g/mol. The van der Waals surface area contributed by atoms with E-state index in [4.69, 9.17) is 28.4 Å². The second-order valence-electron chi connectivity index (χ2n) is 9.42. The van der Waals surface area contributed by atoms with E-state index in [0.29, 0.717) is 39.9 Å². The summed E-state index contributed by atoms with van der Waals surface area (Å²) in [4.78, 5) is 37.0. The number of non-ortho nitro benzene ring substituents is 1. The van der Waals surface area contributed by atoms with E-state index >= 15 is 0 Å². The van der Waals surface area contributed by atoms with Crippen molar-refractivity contribution in [2.75, 3.05) is 42.7 Å². The summed E-state index contributed by atoms with van der Waals surface area (Å²) < 4.78 is 33.1. The normalized spacial score (nSPS) is 15.6. The second-order valence-corrected chi connectivity index (χ2v) is 9.42. The molecule has 0 heterocycles. The van der Waals surface area contributed by atoms with Crippen LogP contribution in [0.4, 0.5) is 5.69 Å². The maximum absolute atomic E-state index is 13.5. The van der Waals surface area contributed by atoms with Gasteiger partial charge in [-0.3, -0.25) is 19.7 Å². The van der Waals surface area contributed by atoms with E-state index in [0.717, 1.165) is 11.1 Å². The Balaban J connectivity index is 1.92. The molecule has 43 heavy (non-hydrogen) atoms. The predicted molar refractivity (Wildman–Crippen MR) is 158 cm³/mol. The van der Waals surface area contributed by atoms with Gasteiger partial charge in [0.05, 0.1) is 53.5 Å². The molecule has 224 valence electrons. The first kappa shape index (κ1) is 30.6. The summed E-state index contributed by atoms with van der Waals surface area (Å²) in [6.45, 7) is 0. The lowest BCUT2D eigenvalue weighted by Gasteiger charge is -2.33. The number of fused-ring (bicyclic) bond motifs is 1. The molecule has 1 aliphatic rings. The number of methoxy groups -OCH3 is 6. The number of esters is 1. The van der Waals surface area contributed by atoms with Crippen molar-refractivity contribution in [3.63, 3.8) is 0 Å². The SMILES string of the molecule is COC(=O)[C@H]1C(/C=C/C(=O)c2ccc([N+](=O)[O-])cc2)=Cc2cc(OC)c(OC)cc2[C@H]1c1cc(OC)c(OC)c(OC)c1. The summed E-state index contributed by atoms with van der Waals surface area (Å²) in [7, 11) is 8.83. The van der Waals surface area contributed by atoms with Crippen LogP contribution in [0.3, 0.4) is 0 Å². The van der Waals surface area contributed by atoms with Crippen LogP contribution in [0.2, 0.25) is 0 Å². The zero-order valence-electron chi connectivity index (χ0n) is 24.5. The van der Waals surface area contributed by atoms with Gasteiger partial charge in [-0.05, 0) is 64.7 Å². The fraction of sp³-hybridized carbons (Fsp3) is 0.250. The van der Waals surface area contributed by atoms with E-state index in [-0.39, 0.29) is 11.3 Å². The highest BCUT2D eigenvalue weighted by molar-refractivity contribution is 6.05. The smallest absolute Gasteiger partial charge is 0.314 e. The van der Waals surface area contributed by atoms with Gasteiger partial charge < -0.3 is 28.4 Å². The largest absolute Gasteiger partial charge is 0.493 e. The maximum atomic E-state index is 13.5. The third-order valence-corrected chi connectivity index (χ3v) is 7.23. The monoisotopic (exact) mass is 589 g/mol. The standard InChI is InChI=1S/C32H31NO10/c1-38-25-14-20-13-19(9-12-24(34)18-7-10-22(11-8-18)33(36)37)30(32(35)43-6)29(23(20)17-26(25)39-2)21-15-27(40-3)31(42-5)28(16-21)41-4/h7-17,29-30H,1-6H3/b12-9+/t29-,30+/m1/s1. The van der Waals surface area contributed by atoms with Crippen LogP contribution in [0.25, 0.3) is 6.08 Å². The number of hydrogen-bond acceptors (Lipinski definition) is 10. The lowest BCUT2D eigenvalue weighted by molar-refractivity contribution is -0.384. The highest BCUT2D eigenvalue weighted by Crippen LogP contribution is 2.50. The zero-order valence-corrected chi connectivity index (χ0v) is 24.5. The van der Waals surface area contributed by atoms with Crippen molar-refractivity contribution in [3.8, 4) is 28.7 Å². The molecule has 0 aliphatic heterocycles. The van der Waals surface area contributed by atoms with Crippen molar-refractivity contribution in [1.29, 1.82) is 0 Å². The van der Waals surface area contributed by atoms with Crippen molar-refractivity contribution >= 4 is 23.5 Å². The molecule has 0 fully saturated rings. The van der Waals surface area contributed by atoms with Crippen molar-refractivity contribution < 1.29 is 42.9 Å². The van der Waals surface area contributed by atoms with Gasteiger partial charge in [0.1, 0.15) is 0 Å². The van der Waals surface area contributed by atoms with Crippen LogP contribution in [0.5, 0.6) is 28.7 Å². The molecule has 0 saturated heterocycles. The number of allylic oxidation sites excluding steroid dienone is 2. The second kappa shape index (κ2) is 13.1. The van der Waals surface area contributed by atoms with Crippen LogP contribution in [0.1, 0.15) is 33.0 Å². The van der Waals surface area contributed by atoms with Crippen LogP contribution < -0.4 is 23.7 Å². The summed E-state index contributed by atoms with van der Waals surface area (Å²) in [5.41, 5.74) is 2.72. The Morgan fingerprint density at radius 1 is 0.791 bits per heavy atom. The van der Waals surface area contributed by atoms with E-state index < -0.39 is 28.5 Å². The number of ketones is 1. The number of carbonyl (C=O) groups excluding carboxylic acids is 2. The summed E-state index contributed by atoms with van der Waals surface area (Å²) in [6, 6.07) is 12.4. The quantitative estimate of drug-likeness (QED) is 0.0942. The van der Waals surface area contributed by atoms with Gasteiger partial charge in [0.25, 0.3) is 5.69 Å². The number of nitrogens with zero attached hydrogens (tertiary/aromatic N) is 1. The van der Waals surface area contributed by atoms with Crippen molar-refractivity contribution in [2.45, 2.75) is 5.92 Å². The van der Waals surface area contributed by atoms with Gasteiger partial charge in [0, 0.05) is 23.6 Å². The van der Waals surface area contributed by atoms with Gasteiger partial charge in [-0.25, -0.2) is 0 Å². The molecular weight excluding hydrogens is 558 g/mol. The van der Waals surface area contributed by atoms with Crippen LogP contribution in [0.15, 0.2) is 66.3 Å². The third kappa shape index (κ3) is 6.01. The summed E-state index contributed by atoms with van der Waals surface area (Å²) in [5, 5.41) is 11.0. The van der Waals surface area contributed by atoms with Gasteiger partial charge >= 0.3 is 5.97 Å². The number of rotatable bonds is 11. The van der Waals surface area contributed by atoms with E-state index in [1.807, 2.05) is 0 Å². The minimum atomic E-state index is -0.903. The van der Waals surface area contributed by atoms with Gasteiger partial charge in [-0.15, -0.1) is 0 Å². The Bertz CT molecular complexity index is 1580. The van der Waals surface area contributed by atoms with Gasteiger partial charge in [-0.1, -0.05) is 12.2 Å². The third-order valence-electron chi connectivity index (χ3n) is 7.23. The predicted octanol–water partition coefficient (Wildman–Crippen LogP) is 5.40. The number of nitro groups is 1. The molecule has 1 aliphatic carbocycles. The summed E-state index contributed by atoms with van der Waals surface area (Å²) >= 11 is 0. The molecule has 2 atom stereocenters.